The van der Waals surface area contributed by atoms with Crippen LogP contribution in [0, 0.1) is 17.8 Å². The van der Waals surface area contributed by atoms with Gasteiger partial charge in [0.25, 0.3) is 0 Å². The standard InChI is InChI=1S/C18H31N3O3/c1-2-15(18(23)21-6-8-24-9-7-21)20-17(22)14-10-12-4-3-5-13(11-14)16(12)19/h12-16H,2-11,19H2,1H3,(H,20,22). The Morgan fingerprint density at radius 3 is 2.42 bits per heavy atom. The van der Waals surface area contributed by atoms with E-state index in [4.69, 9.17) is 10.5 Å². The first-order valence-corrected chi connectivity index (χ1v) is 9.52. The molecule has 6 heteroatoms. The highest BCUT2D eigenvalue weighted by atomic mass is 16.5. The lowest BCUT2D eigenvalue weighted by Gasteiger charge is -2.43. The number of nitrogens with zero attached hydrogens (tertiary/aromatic N) is 1. The highest BCUT2D eigenvalue weighted by Gasteiger charge is 2.41. The fourth-order valence-corrected chi connectivity index (χ4v) is 4.64. The molecule has 1 aliphatic heterocycles. The van der Waals surface area contributed by atoms with Crippen LogP contribution in [0.4, 0.5) is 0 Å². The van der Waals surface area contributed by atoms with Crippen LogP contribution in [0.15, 0.2) is 0 Å². The van der Waals surface area contributed by atoms with Crippen LogP contribution < -0.4 is 11.1 Å². The van der Waals surface area contributed by atoms with Crippen molar-refractivity contribution in [1.82, 2.24) is 10.2 Å². The van der Waals surface area contributed by atoms with Crippen molar-refractivity contribution in [3.8, 4) is 0 Å². The Bertz CT molecular complexity index is 450. The van der Waals surface area contributed by atoms with E-state index in [1.165, 1.54) is 6.42 Å². The normalized spacial score (nSPS) is 34.5. The third-order valence-corrected chi connectivity index (χ3v) is 6.13. The average molecular weight is 337 g/mol. The Morgan fingerprint density at radius 2 is 1.83 bits per heavy atom. The maximum atomic E-state index is 12.7. The molecule has 2 saturated carbocycles. The predicted octanol–water partition coefficient (Wildman–Crippen LogP) is 0.894. The van der Waals surface area contributed by atoms with Crippen molar-refractivity contribution >= 4 is 11.8 Å². The SMILES string of the molecule is CCC(NC(=O)C1CC2CCCC(C1)C2N)C(=O)N1CCOCC1. The van der Waals surface area contributed by atoms with Crippen LogP contribution in [0.3, 0.4) is 0 Å². The molecule has 24 heavy (non-hydrogen) atoms. The molecular formula is C18H31N3O3. The Hall–Kier alpha value is -1.14. The molecule has 0 radical (unpaired) electrons. The fraction of sp³-hybridized carbons (Fsp3) is 0.889. The lowest BCUT2D eigenvalue weighted by molar-refractivity contribution is -0.141. The summed E-state index contributed by atoms with van der Waals surface area (Å²) in [6, 6.07) is -0.147. The van der Waals surface area contributed by atoms with Gasteiger partial charge in [0.1, 0.15) is 6.04 Å². The van der Waals surface area contributed by atoms with Crippen LogP contribution in [-0.4, -0.2) is 55.1 Å². The molecule has 3 aliphatic rings. The number of rotatable bonds is 4. The summed E-state index contributed by atoms with van der Waals surface area (Å²) in [5, 5.41) is 3.03. The largest absolute Gasteiger partial charge is 0.378 e. The van der Waals surface area contributed by atoms with Gasteiger partial charge in [-0.3, -0.25) is 9.59 Å². The molecule has 0 aromatic heterocycles. The van der Waals surface area contributed by atoms with Crippen LogP contribution in [0.25, 0.3) is 0 Å². The summed E-state index contributed by atoms with van der Waals surface area (Å²) in [6.07, 6.45) is 5.92. The lowest BCUT2D eigenvalue weighted by Crippen LogP contribution is -2.54. The number of nitrogens with two attached hydrogens (primary N) is 1. The van der Waals surface area contributed by atoms with Crippen LogP contribution in [-0.2, 0) is 14.3 Å². The maximum Gasteiger partial charge on any atom is 0.245 e. The van der Waals surface area contributed by atoms with Gasteiger partial charge in [-0.25, -0.2) is 0 Å². The second-order valence-electron chi connectivity index (χ2n) is 7.60. The molecule has 0 aromatic rings. The lowest BCUT2D eigenvalue weighted by atomic mass is 9.65. The number of carbonyl (C=O) groups is 2. The van der Waals surface area contributed by atoms with E-state index in [1.807, 2.05) is 11.8 Å². The number of fused-ring (bicyclic) bond motifs is 2. The number of nitrogens with one attached hydrogen (secondary N) is 1. The zero-order chi connectivity index (χ0) is 17.1. The van der Waals surface area contributed by atoms with E-state index in [0.717, 1.165) is 25.7 Å². The van der Waals surface area contributed by atoms with Gasteiger partial charge >= 0.3 is 0 Å². The molecule has 2 aliphatic carbocycles. The predicted molar refractivity (Wildman–Crippen MR) is 91.2 cm³/mol. The second-order valence-corrected chi connectivity index (χ2v) is 7.60. The molecule has 1 saturated heterocycles. The molecule has 136 valence electrons. The van der Waals surface area contributed by atoms with Crippen molar-refractivity contribution < 1.29 is 14.3 Å². The van der Waals surface area contributed by atoms with E-state index in [9.17, 15) is 9.59 Å². The monoisotopic (exact) mass is 337 g/mol. The number of ether oxygens (including phenoxy) is 1. The molecular weight excluding hydrogens is 306 g/mol. The summed E-state index contributed by atoms with van der Waals surface area (Å²) >= 11 is 0. The van der Waals surface area contributed by atoms with Crippen LogP contribution in [0.1, 0.15) is 45.4 Å². The van der Waals surface area contributed by atoms with E-state index in [2.05, 4.69) is 5.32 Å². The van der Waals surface area contributed by atoms with Crippen molar-refractivity contribution in [1.29, 1.82) is 0 Å². The van der Waals surface area contributed by atoms with Gasteiger partial charge in [0.2, 0.25) is 11.8 Å². The first-order valence-electron chi connectivity index (χ1n) is 9.52. The van der Waals surface area contributed by atoms with E-state index < -0.39 is 6.04 Å². The minimum atomic E-state index is -0.411. The van der Waals surface area contributed by atoms with E-state index in [0.29, 0.717) is 44.6 Å². The summed E-state index contributed by atoms with van der Waals surface area (Å²) in [6.45, 7) is 4.36. The summed E-state index contributed by atoms with van der Waals surface area (Å²) in [5.74, 6) is 1.05. The number of amides is 2. The topological polar surface area (TPSA) is 84.7 Å². The summed E-state index contributed by atoms with van der Waals surface area (Å²) in [7, 11) is 0. The zero-order valence-electron chi connectivity index (χ0n) is 14.7. The van der Waals surface area contributed by atoms with Gasteiger partial charge in [0.15, 0.2) is 0 Å². The van der Waals surface area contributed by atoms with Crippen LogP contribution in [0.2, 0.25) is 0 Å². The quantitative estimate of drug-likeness (QED) is 0.798. The van der Waals surface area contributed by atoms with Gasteiger partial charge in [0.05, 0.1) is 13.2 Å². The van der Waals surface area contributed by atoms with Crippen LogP contribution >= 0.6 is 0 Å². The molecule has 1 heterocycles. The van der Waals surface area contributed by atoms with E-state index >= 15 is 0 Å². The fourth-order valence-electron chi connectivity index (χ4n) is 4.64. The molecule has 3 fully saturated rings. The summed E-state index contributed by atoms with van der Waals surface area (Å²) < 4.78 is 5.30. The number of hydrogen-bond acceptors (Lipinski definition) is 4. The Balaban J connectivity index is 1.57. The molecule has 0 spiro atoms. The van der Waals surface area contributed by atoms with Crippen LogP contribution in [0.5, 0.6) is 0 Å². The van der Waals surface area contributed by atoms with Crippen molar-refractivity contribution in [2.45, 2.75) is 57.5 Å². The average Bonchev–Trinajstić information content (AvgIpc) is 2.59. The smallest absolute Gasteiger partial charge is 0.245 e. The zero-order valence-corrected chi connectivity index (χ0v) is 14.7. The summed E-state index contributed by atoms with van der Waals surface area (Å²) in [5.41, 5.74) is 6.32. The molecule has 0 aromatic carbocycles. The first-order chi connectivity index (χ1) is 11.6. The van der Waals surface area contributed by atoms with Gasteiger partial charge in [-0.05, 0) is 43.9 Å². The molecule has 3 atom stereocenters. The number of hydrogen-bond donors (Lipinski definition) is 2. The molecule has 6 nitrogen and oxygen atoms in total. The molecule has 3 rings (SSSR count). The van der Waals surface area contributed by atoms with Crippen molar-refractivity contribution in [2.75, 3.05) is 26.3 Å². The molecule has 3 unspecified atom stereocenters. The minimum absolute atomic E-state index is 0.0200. The first kappa shape index (κ1) is 17.7. The van der Waals surface area contributed by atoms with Gasteiger partial charge in [0, 0.05) is 25.0 Å². The molecule has 3 N–H and O–H groups in total. The number of morpholine rings is 1. The van der Waals surface area contributed by atoms with Gasteiger partial charge in [-0.2, -0.15) is 0 Å². The van der Waals surface area contributed by atoms with Gasteiger partial charge < -0.3 is 20.7 Å². The minimum Gasteiger partial charge on any atom is -0.378 e. The Morgan fingerprint density at radius 1 is 1.21 bits per heavy atom. The highest BCUT2D eigenvalue weighted by Crippen LogP contribution is 2.41. The molecule has 2 bridgehead atoms. The third-order valence-electron chi connectivity index (χ3n) is 6.13. The van der Waals surface area contributed by atoms with E-state index in [1.54, 1.807) is 0 Å². The maximum absolute atomic E-state index is 12.7. The molecule has 2 amide bonds. The van der Waals surface area contributed by atoms with Crippen molar-refractivity contribution in [3.63, 3.8) is 0 Å². The number of carbonyl (C=O) groups excluding carboxylic acids is 2. The van der Waals surface area contributed by atoms with Crippen molar-refractivity contribution in [3.05, 3.63) is 0 Å². The van der Waals surface area contributed by atoms with Gasteiger partial charge in [-0.1, -0.05) is 13.3 Å². The third kappa shape index (κ3) is 3.75. The Labute approximate surface area is 144 Å². The summed E-state index contributed by atoms with van der Waals surface area (Å²) in [4.78, 5) is 27.2. The van der Waals surface area contributed by atoms with E-state index in [-0.39, 0.29) is 23.8 Å². The second kappa shape index (κ2) is 7.83. The Kier molecular flexibility index (Phi) is 5.76. The van der Waals surface area contributed by atoms with Gasteiger partial charge in [-0.15, -0.1) is 0 Å². The van der Waals surface area contributed by atoms with Crippen molar-refractivity contribution in [2.24, 2.45) is 23.5 Å². The highest BCUT2D eigenvalue weighted by molar-refractivity contribution is 5.88.